The summed E-state index contributed by atoms with van der Waals surface area (Å²) in [7, 11) is 0. The van der Waals surface area contributed by atoms with Gasteiger partial charge < -0.3 is 15.9 Å². The Bertz CT molecular complexity index is 1030. The number of halogens is 1. The summed E-state index contributed by atoms with van der Waals surface area (Å²) < 4.78 is 0.740. The Morgan fingerprint density at radius 1 is 0.970 bits per heavy atom. The van der Waals surface area contributed by atoms with Crippen molar-refractivity contribution in [3.63, 3.8) is 0 Å². The molecule has 0 aliphatic rings. The second-order valence-corrected chi connectivity index (χ2v) is 8.76. The quantitative estimate of drug-likeness (QED) is 0.391. The first-order chi connectivity index (χ1) is 15.6. The second-order valence-electron chi connectivity index (χ2n) is 7.84. The van der Waals surface area contributed by atoms with Crippen molar-refractivity contribution in [3.05, 3.63) is 64.1 Å². The molecule has 2 aromatic carbocycles. The number of amides is 2. The number of carbonyl (C=O) groups is 4. The third kappa shape index (κ3) is 6.89. The van der Waals surface area contributed by atoms with Crippen LogP contribution < -0.4 is 10.6 Å². The molecular weight excluding hydrogens is 492 g/mol. The molecule has 0 bridgehead atoms. The smallest absolute Gasteiger partial charge is 0.330 e. The van der Waals surface area contributed by atoms with Crippen molar-refractivity contribution >= 4 is 45.4 Å². The average molecular weight is 519 g/mol. The zero-order chi connectivity index (χ0) is 24.6. The predicted molar refractivity (Wildman–Crippen MR) is 127 cm³/mol. The first kappa shape index (κ1) is 26.1. The lowest BCUT2D eigenvalue weighted by Gasteiger charge is -2.42. The zero-order valence-electron chi connectivity index (χ0n) is 18.3. The Morgan fingerprint density at radius 3 is 2.18 bits per heavy atom. The molecule has 1 atom stereocenters. The number of nitrogens with two attached hydrogens (primary N) is 1. The molecule has 2 amide bonds. The normalized spacial score (nSPS) is 12.5. The Hall–Kier alpha value is -3.20. The molecule has 2 rings (SSSR count). The molecule has 0 aliphatic carbocycles. The summed E-state index contributed by atoms with van der Waals surface area (Å²) in [5.41, 5.74) is 5.38. The van der Waals surface area contributed by atoms with Crippen LogP contribution in [0.3, 0.4) is 0 Å². The molecule has 9 heteroatoms. The highest BCUT2D eigenvalue weighted by molar-refractivity contribution is 9.10. The van der Waals surface area contributed by atoms with E-state index < -0.39 is 35.7 Å². The van der Waals surface area contributed by atoms with Gasteiger partial charge in [0, 0.05) is 23.0 Å². The SMILES string of the molecule is Cc1cc(Br)ccc1N(C(=O)CCC(=O)O)C(CCC(N)=O)(CCc1ccccc1)C(=O)O. The van der Waals surface area contributed by atoms with E-state index in [-0.39, 0.29) is 25.7 Å². The molecule has 4 N–H and O–H groups in total. The number of anilines is 1. The molecule has 0 spiro atoms. The lowest BCUT2D eigenvalue weighted by Crippen LogP contribution is -2.58. The van der Waals surface area contributed by atoms with Gasteiger partial charge in [-0.05, 0) is 55.5 Å². The van der Waals surface area contributed by atoms with Gasteiger partial charge in [-0.15, -0.1) is 0 Å². The number of carbonyl (C=O) groups excluding carboxylic acids is 2. The van der Waals surface area contributed by atoms with Gasteiger partial charge >= 0.3 is 11.9 Å². The number of carboxylic acids is 2. The van der Waals surface area contributed by atoms with Crippen LogP contribution in [0.2, 0.25) is 0 Å². The van der Waals surface area contributed by atoms with Crippen LogP contribution in [0.4, 0.5) is 5.69 Å². The molecule has 2 aromatic rings. The lowest BCUT2D eigenvalue weighted by atomic mass is 9.83. The largest absolute Gasteiger partial charge is 0.481 e. The number of hydrogen-bond donors (Lipinski definition) is 3. The van der Waals surface area contributed by atoms with Gasteiger partial charge in [0.1, 0.15) is 5.54 Å². The number of hydrogen-bond acceptors (Lipinski definition) is 4. The van der Waals surface area contributed by atoms with Crippen molar-refractivity contribution in [1.29, 1.82) is 0 Å². The highest BCUT2D eigenvalue weighted by atomic mass is 79.9. The van der Waals surface area contributed by atoms with Crippen molar-refractivity contribution < 1.29 is 29.4 Å². The van der Waals surface area contributed by atoms with Crippen LogP contribution in [0.15, 0.2) is 53.0 Å². The topological polar surface area (TPSA) is 138 Å². The van der Waals surface area contributed by atoms with Crippen LogP contribution >= 0.6 is 15.9 Å². The maximum absolute atomic E-state index is 13.4. The molecule has 0 aromatic heterocycles. The maximum Gasteiger partial charge on any atom is 0.330 e. The Morgan fingerprint density at radius 2 is 1.64 bits per heavy atom. The fraction of sp³-hybridized carbons (Fsp3) is 0.333. The molecule has 8 nitrogen and oxygen atoms in total. The van der Waals surface area contributed by atoms with E-state index in [1.165, 1.54) is 0 Å². The molecule has 0 saturated heterocycles. The van der Waals surface area contributed by atoms with E-state index in [2.05, 4.69) is 15.9 Å². The summed E-state index contributed by atoms with van der Waals surface area (Å²) in [4.78, 5) is 50.1. The third-order valence-electron chi connectivity index (χ3n) is 5.48. The van der Waals surface area contributed by atoms with Gasteiger partial charge in [-0.2, -0.15) is 0 Å². The molecule has 0 saturated carbocycles. The standard InChI is InChI=1S/C24H27BrN2O6/c1-16-15-18(25)7-8-19(16)27(21(29)9-10-22(30)31)24(23(32)33,14-12-20(26)28)13-11-17-5-3-2-4-6-17/h2-8,15H,9-14H2,1H3,(H2,26,28)(H,30,31)(H,32,33). The first-order valence-corrected chi connectivity index (χ1v) is 11.2. The molecular formula is C24H27BrN2O6. The summed E-state index contributed by atoms with van der Waals surface area (Å²) in [6.07, 6.45) is -0.965. The van der Waals surface area contributed by atoms with Crippen LogP contribution in [0.25, 0.3) is 0 Å². The van der Waals surface area contributed by atoms with E-state index >= 15 is 0 Å². The predicted octanol–water partition coefficient (Wildman–Crippen LogP) is 3.68. The minimum absolute atomic E-state index is 0.00788. The van der Waals surface area contributed by atoms with Crippen molar-refractivity contribution in [1.82, 2.24) is 0 Å². The summed E-state index contributed by atoms with van der Waals surface area (Å²) in [5, 5.41) is 19.5. The van der Waals surface area contributed by atoms with Gasteiger partial charge in [0.2, 0.25) is 11.8 Å². The molecule has 0 fully saturated rings. The maximum atomic E-state index is 13.4. The van der Waals surface area contributed by atoms with Gasteiger partial charge in [0.05, 0.1) is 6.42 Å². The number of benzene rings is 2. The second kappa shape index (κ2) is 11.6. The van der Waals surface area contributed by atoms with Gasteiger partial charge in [0.15, 0.2) is 0 Å². The van der Waals surface area contributed by atoms with Crippen molar-refractivity contribution in [2.24, 2.45) is 5.73 Å². The number of aryl methyl sites for hydroxylation is 2. The van der Waals surface area contributed by atoms with Crippen molar-refractivity contribution in [2.45, 2.75) is 51.0 Å². The van der Waals surface area contributed by atoms with E-state index in [0.717, 1.165) is 14.9 Å². The van der Waals surface area contributed by atoms with Crippen molar-refractivity contribution in [3.8, 4) is 0 Å². The van der Waals surface area contributed by atoms with Gasteiger partial charge in [-0.3, -0.25) is 19.3 Å². The number of rotatable bonds is 12. The van der Waals surface area contributed by atoms with Gasteiger partial charge in [0.25, 0.3) is 0 Å². The molecule has 0 radical (unpaired) electrons. The fourth-order valence-electron chi connectivity index (χ4n) is 3.78. The number of aliphatic carboxylic acids is 2. The average Bonchev–Trinajstić information content (AvgIpc) is 2.75. The number of nitrogens with zero attached hydrogens (tertiary/aromatic N) is 1. The lowest BCUT2D eigenvalue weighted by molar-refractivity contribution is -0.146. The van der Waals surface area contributed by atoms with E-state index in [9.17, 15) is 24.3 Å². The summed E-state index contributed by atoms with van der Waals surface area (Å²) in [6, 6.07) is 14.2. The summed E-state index contributed by atoms with van der Waals surface area (Å²) in [6.45, 7) is 1.73. The van der Waals surface area contributed by atoms with E-state index in [4.69, 9.17) is 10.8 Å². The van der Waals surface area contributed by atoms with Gasteiger partial charge in [-0.25, -0.2) is 4.79 Å². The Labute approximate surface area is 200 Å². The molecule has 33 heavy (non-hydrogen) atoms. The van der Waals surface area contributed by atoms with Crippen LogP contribution in [0.5, 0.6) is 0 Å². The van der Waals surface area contributed by atoms with E-state index in [0.29, 0.717) is 17.7 Å². The third-order valence-corrected chi connectivity index (χ3v) is 5.98. The minimum Gasteiger partial charge on any atom is -0.481 e. The van der Waals surface area contributed by atoms with Crippen LogP contribution in [-0.4, -0.2) is 39.5 Å². The first-order valence-electron chi connectivity index (χ1n) is 10.4. The Kier molecular flexibility index (Phi) is 9.16. The number of carboxylic acid groups (broad SMARTS) is 2. The molecule has 176 valence electrons. The van der Waals surface area contributed by atoms with Gasteiger partial charge in [-0.1, -0.05) is 46.3 Å². The van der Waals surface area contributed by atoms with Crippen LogP contribution in [-0.2, 0) is 25.6 Å². The monoisotopic (exact) mass is 518 g/mol. The summed E-state index contributed by atoms with van der Waals surface area (Å²) >= 11 is 3.36. The highest BCUT2D eigenvalue weighted by Crippen LogP contribution is 2.36. The molecule has 1 unspecified atom stereocenters. The van der Waals surface area contributed by atoms with E-state index in [1.54, 1.807) is 25.1 Å². The fourth-order valence-corrected chi connectivity index (χ4v) is 4.26. The molecule has 0 heterocycles. The number of primary amides is 1. The van der Waals surface area contributed by atoms with Crippen molar-refractivity contribution in [2.75, 3.05) is 4.90 Å². The minimum atomic E-state index is -1.81. The van der Waals surface area contributed by atoms with E-state index in [1.807, 2.05) is 30.3 Å². The summed E-state index contributed by atoms with van der Waals surface area (Å²) in [5.74, 6) is -3.79. The zero-order valence-corrected chi connectivity index (χ0v) is 19.9. The molecule has 0 aliphatic heterocycles. The van der Waals surface area contributed by atoms with Crippen LogP contribution in [0, 0.1) is 6.92 Å². The Balaban J connectivity index is 2.64. The highest BCUT2D eigenvalue weighted by Gasteiger charge is 2.47. The van der Waals surface area contributed by atoms with Crippen LogP contribution in [0.1, 0.15) is 43.2 Å².